The number of aryl methyl sites for hydroxylation is 1. The number of benzene rings is 1. The van der Waals surface area contributed by atoms with Crippen LogP contribution in [-0.4, -0.2) is 0 Å². The highest BCUT2D eigenvalue weighted by Crippen LogP contribution is 2.35. The van der Waals surface area contributed by atoms with Crippen LogP contribution in [-0.2, 0) is 6.42 Å². The molecule has 1 aromatic carbocycles. The Labute approximate surface area is 93.7 Å². The van der Waals surface area contributed by atoms with Crippen LogP contribution in [0.5, 0.6) is 0 Å². The third kappa shape index (κ3) is 2.62. The zero-order chi connectivity index (χ0) is 10.7. The van der Waals surface area contributed by atoms with E-state index in [4.69, 9.17) is 0 Å². The summed E-state index contributed by atoms with van der Waals surface area (Å²) in [6, 6.07) is 9.05. The van der Waals surface area contributed by atoms with E-state index in [0.717, 1.165) is 11.8 Å². The highest BCUT2D eigenvalue weighted by molar-refractivity contribution is 5.32. The van der Waals surface area contributed by atoms with E-state index in [-0.39, 0.29) is 0 Å². The monoisotopic (exact) mass is 202 g/mol. The predicted molar refractivity (Wildman–Crippen MR) is 66.2 cm³/mol. The van der Waals surface area contributed by atoms with Gasteiger partial charge in [0.25, 0.3) is 0 Å². The molecule has 0 fully saturated rings. The Bertz CT molecular complexity index is 312. The van der Waals surface area contributed by atoms with Crippen molar-refractivity contribution in [2.45, 2.75) is 51.9 Å². The standard InChI is InChI=1S/C15H22/c1-12(2)10-11-14-8-5-7-13-6-3-4-9-15(13)14/h3-4,6,9,12,14H,5,7-8,10-11H2,1-2H3. The van der Waals surface area contributed by atoms with E-state index in [1.807, 2.05) is 0 Å². The Kier molecular flexibility index (Phi) is 3.45. The summed E-state index contributed by atoms with van der Waals surface area (Å²) in [6.45, 7) is 4.66. The molecule has 0 aliphatic heterocycles. The molecule has 0 spiro atoms. The molecule has 1 aromatic rings. The Morgan fingerprint density at radius 2 is 2.07 bits per heavy atom. The summed E-state index contributed by atoms with van der Waals surface area (Å²) >= 11 is 0. The van der Waals surface area contributed by atoms with Gasteiger partial charge in [-0.2, -0.15) is 0 Å². The van der Waals surface area contributed by atoms with Crippen molar-refractivity contribution in [1.82, 2.24) is 0 Å². The summed E-state index contributed by atoms with van der Waals surface area (Å²) in [6.07, 6.45) is 6.85. The Hall–Kier alpha value is -0.780. The molecule has 0 amide bonds. The number of fused-ring (bicyclic) bond motifs is 1. The number of rotatable bonds is 3. The average Bonchev–Trinajstić information content (AvgIpc) is 2.26. The fourth-order valence-electron chi connectivity index (χ4n) is 2.69. The summed E-state index contributed by atoms with van der Waals surface area (Å²) < 4.78 is 0. The van der Waals surface area contributed by atoms with Crippen LogP contribution in [0.4, 0.5) is 0 Å². The van der Waals surface area contributed by atoms with Crippen molar-refractivity contribution in [3.05, 3.63) is 35.4 Å². The van der Waals surface area contributed by atoms with Gasteiger partial charge in [0.15, 0.2) is 0 Å². The highest BCUT2D eigenvalue weighted by Gasteiger charge is 2.19. The van der Waals surface area contributed by atoms with Crippen molar-refractivity contribution in [1.29, 1.82) is 0 Å². The maximum Gasteiger partial charge on any atom is -0.0159 e. The lowest BCUT2D eigenvalue weighted by molar-refractivity contribution is 0.456. The lowest BCUT2D eigenvalue weighted by Gasteiger charge is -2.26. The van der Waals surface area contributed by atoms with Crippen LogP contribution in [0.3, 0.4) is 0 Å². The van der Waals surface area contributed by atoms with E-state index >= 15 is 0 Å². The molecule has 0 nitrogen and oxygen atoms in total. The topological polar surface area (TPSA) is 0 Å². The summed E-state index contributed by atoms with van der Waals surface area (Å²) in [4.78, 5) is 0. The van der Waals surface area contributed by atoms with Crippen LogP contribution in [0.25, 0.3) is 0 Å². The van der Waals surface area contributed by atoms with Gasteiger partial charge >= 0.3 is 0 Å². The van der Waals surface area contributed by atoms with E-state index in [0.29, 0.717) is 0 Å². The van der Waals surface area contributed by atoms with E-state index < -0.39 is 0 Å². The molecule has 0 radical (unpaired) electrons. The summed E-state index contributed by atoms with van der Waals surface area (Å²) in [7, 11) is 0. The van der Waals surface area contributed by atoms with Crippen LogP contribution >= 0.6 is 0 Å². The highest BCUT2D eigenvalue weighted by atomic mass is 14.2. The molecule has 0 saturated carbocycles. The van der Waals surface area contributed by atoms with Gasteiger partial charge in [0.1, 0.15) is 0 Å². The minimum atomic E-state index is 0.845. The first-order valence-electron chi connectivity index (χ1n) is 6.35. The normalized spacial score (nSPS) is 20.3. The van der Waals surface area contributed by atoms with E-state index in [1.165, 1.54) is 32.1 Å². The zero-order valence-corrected chi connectivity index (χ0v) is 10.00. The first kappa shape index (κ1) is 10.7. The molecule has 0 N–H and O–H groups in total. The van der Waals surface area contributed by atoms with E-state index in [1.54, 1.807) is 11.1 Å². The Morgan fingerprint density at radius 3 is 2.87 bits per heavy atom. The minimum Gasteiger partial charge on any atom is -0.0628 e. The van der Waals surface area contributed by atoms with Crippen LogP contribution < -0.4 is 0 Å². The zero-order valence-electron chi connectivity index (χ0n) is 10.00. The number of hydrogen-bond acceptors (Lipinski definition) is 0. The Balaban J connectivity index is 2.08. The van der Waals surface area contributed by atoms with Gasteiger partial charge in [-0.3, -0.25) is 0 Å². The molecule has 82 valence electrons. The second kappa shape index (κ2) is 4.83. The molecular formula is C15H22. The van der Waals surface area contributed by atoms with Gasteiger partial charge in [0.2, 0.25) is 0 Å². The molecule has 0 aromatic heterocycles. The molecule has 0 bridgehead atoms. The van der Waals surface area contributed by atoms with Gasteiger partial charge in [0, 0.05) is 0 Å². The smallest absolute Gasteiger partial charge is 0.0159 e. The van der Waals surface area contributed by atoms with Crippen molar-refractivity contribution < 1.29 is 0 Å². The number of hydrogen-bond donors (Lipinski definition) is 0. The lowest BCUT2D eigenvalue weighted by atomic mass is 9.79. The molecular weight excluding hydrogens is 180 g/mol. The van der Waals surface area contributed by atoms with E-state index in [2.05, 4.69) is 38.1 Å². The van der Waals surface area contributed by atoms with Gasteiger partial charge in [-0.1, -0.05) is 44.5 Å². The van der Waals surface area contributed by atoms with Gasteiger partial charge in [-0.25, -0.2) is 0 Å². The third-order valence-corrected chi connectivity index (χ3v) is 3.59. The summed E-state index contributed by atoms with van der Waals surface area (Å²) in [5, 5.41) is 0. The van der Waals surface area contributed by atoms with E-state index in [9.17, 15) is 0 Å². The molecule has 1 aliphatic carbocycles. The second-order valence-corrected chi connectivity index (χ2v) is 5.26. The van der Waals surface area contributed by atoms with Gasteiger partial charge in [-0.05, 0) is 48.6 Å². The minimum absolute atomic E-state index is 0.845. The van der Waals surface area contributed by atoms with Crippen LogP contribution in [0.15, 0.2) is 24.3 Å². The van der Waals surface area contributed by atoms with Crippen molar-refractivity contribution in [3.8, 4) is 0 Å². The first-order chi connectivity index (χ1) is 7.27. The molecule has 1 unspecified atom stereocenters. The fraction of sp³-hybridized carbons (Fsp3) is 0.600. The van der Waals surface area contributed by atoms with Gasteiger partial charge < -0.3 is 0 Å². The molecule has 2 rings (SSSR count). The second-order valence-electron chi connectivity index (χ2n) is 5.26. The largest absolute Gasteiger partial charge is 0.0628 e. The molecule has 0 heterocycles. The van der Waals surface area contributed by atoms with Gasteiger partial charge in [0.05, 0.1) is 0 Å². The SMILES string of the molecule is CC(C)CCC1CCCc2ccccc21. The maximum atomic E-state index is 2.35. The lowest BCUT2D eigenvalue weighted by Crippen LogP contribution is -2.10. The molecule has 15 heavy (non-hydrogen) atoms. The maximum absolute atomic E-state index is 2.35. The molecule has 1 atom stereocenters. The van der Waals surface area contributed by atoms with Crippen molar-refractivity contribution in [2.24, 2.45) is 5.92 Å². The molecule has 1 aliphatic rings. The van der Waals surface area contributed by atoms with Crippen molar-refractivity contribution in [2.75, 3.05) is 0 Å². The van der Waals surface area contributed by atoms with Crippen LogP contribution in [0.2, 0.25) is 0 Å². The Morgan fingerprint density at radius 1 is 1.27 bits per heavy atom. The van der Waals surface area contributed by atoms with Crippen molar-refractivity contribution in [3.63, 3.8) is 0 Å². The quantitative estimate of drug-likeness (QED) is 0.675. The average molecular weight is 202 g/mol. The molecule has 0 saturated heterocycles. The summed E-state index contributed by atoms with van der Waals surface area (Å²) in [5.74, 6) is 1.69. The fourth-order valence-corrected chi connectivity index (χ4v) is 2.69. The molecule has 0 heteroatoms. The van der Waals surface area contributed by atoms with Crippen LogP contribution in [0, 0.1) is 5.92 Å². The van der Waals surface area contributed by atoms with Crippen molar-refractivity contribution >= 4 is 0 Å². The van der Waals surface area contributed by atoms with Gasteiger partial charge in [-0.15, -0.1) is 0 Å². The summed E-state index contributed by atoms with van der Waals surface area (Å²) in [5.41, 5.74) is 3.25. The first-order valence-corrected chi connectivity index (χ1v) is 6.35. The third-order valence-electron chi connectivity index (χ3n) is 3.59. The van der Waals surface area contributed by atoms with Crippen LogP contribution in [0.1, 0.15) is 56.6 Å². The predicted octanol–water partition coefficient (Wildman–Crippen LogP) is 4.54.